The quantitative estimate of drug-likeness (QED) is 0.567. The molecule has 27 heavy (non-hydrogen) atoms. The van der Waals surface area contributed by atoms with Gasteiger partial charge in [-0.15, -0.1) is 0 Å². The monoisotopic (exact) mass is 390 g/mol. The Balaban J connectivity index is 2.09. The van der Waals surface area contributed by atoms with Gasteiger partial charge < -0.3 is 14.5 Å². The van der Waals surface area contributed by atoms with Gasteiger partial charge in [-0.05, 0) is 38.9 Å². The number of carbonyl (C=O) groups excluding carboxylic acids is 2. The lowest BCUT2D eigenvalue weighted by molar-refractivity contribution is -0.190. The third-order valence-electron chi connectivity index (χ3n) is 4.40. The zero-order valence-corrected chi connectivity index (χ0v) is 15.7. The molecule has 0 spiro atoms. The van der Waals surface area contributed by atoms with Crippen LogP contribution < -0.4 is 0 Å². The Morgan fingerprint density at radius 1 is 1.33 bits per heavy atom. The van der Waals surface area contributed by atoms with Crippen LogP contribution in [0, 0.1) is 5.92 Å². The molecule has 1 aromatic heterocycles. The van der Waals surface area contributed by atoms with E-state index in [1.807, 2.05) is 25.9 Å². The molecule has 1 fully saturated rings. The Morgan fingerprint density at radius 2 is 2.04 bits per heavy atom. The van der Waals surface area contributed by atoms with E-state index in [2.05, 4.69) is 9.84 Å². The number of carbonyl (C=O) groups is 2. The van der Waals surface area contributed by atoms with Gasteiger partial charge >= 0.3 is 18.1 Å². The number of hydrogen-bond donors (Lipinski definition) is 0. The second-order valence-electron chi connectivity index (χ2n) is 7.15. The molecule has 1 aliphatic heterocycles. The van der Waals surface area contributed by atoms with Crippen molar-refractivity contribution in [1.29, 1.82) is 0 Å². The van der Waals surface area contributed by atoms with Gasteiger partial charge in [-0.2, -0.15) is 18.3 Å². The van der Waals surface area contributed by atoms with Crippen LogP contribution in [-0.2, 0) is 20.9 Å². The number of esters is 1. The van der Waals surface area contributed by atoms with Gasteiger partial charge in [0.1, 0.15) is 0 Å². The molecular weight excluding hydrogens is 365 g/mol. The van der Waals surface area contributed by atoms with E-state index in [-0.39, 0.29) is 12.5 Å². The van der Waals surface area contributed by atoms with Crippen molar-refractivity contribution < 1.29 is 27.5 Å². The van der Waals surface area contributed by atoms with Crippen molar-refractivity contribution in [1.82, 2.24) is 19.6 Å². The third kappa shape index (κ3) is 6.23. The first-order valence-electron chi connectivity index (χ1n) is 8.79. The lowest BCUT2D eigenvalue weighted by Gasteiger charge is -2.37. The Hall–Kier alpha value is -2.10. The smallest absolute Gasteiger partial charge is 0.422 e. The predicted octanol–water partition coefficient (Wildman–Crippen LogP) is 1.85. The molecule has 7 nitrogen and oxygen atoms in total. The zero-order chi connectivity index (χ0) is 20.2. The maximum atomic E-state index is 12.4. The summed E-state index contributed by atoms with van der Waals surface area (Å²) in [6.07, 6.45) is -1.46. The first-order chi connectivity index (χ1) is 12.6. The number of likely N-dealkylation sites (N-methyl/N-ethyl adjacent to an activating group) is 1. The zero-order valence-electron chi connectivity index (χ0n) is 15.7. The van der Waals surface area contributed by atoms with E-state index in [4.69, 9.17) is 0 Å². The molecule has 0 bridgehead atoms. The summed E-state index contributed by atoms with van der Waals surface area (Å²) in [4.78, 5) is 27.5. The standard InChI is InChI=1S/C17H25F3N4O3/c1-12-4-5-14(13-6-7-23(21-13)9-8-22(2)3)24(10-12)15(25)16(26)27-11-17(18,19)20/h6-7,12,14H,4-5,8-11H2,1-3H3/t12-,14+/m0/s1. The van der Waals surface area contributed by atoms with Crippen LogP contribution in [0.15, 0.2) is 12.3 Å². The summed E-state index contributed by atoms with van der Waals surface area (Å²) < 4.78 is 42.6. The summed E-state index contributed by atoms with van der Waals surface area (Å²) >= 11 is 0. The Kier molecular flexibility index (Phi) is 6.85. The highest BCUT2D eigenvalue weighted by molar-refractivity contribution is 6.32. The lowest BCUT2D eigenvalue weighted by atomic mass is 9.92. The maximum Gasteiger partial charge on any atom is 0.422 e. The van der Waals surface area contributed by atoms with Gasteiger partial charge in [-0.3, -0.25) is 9.48 Å². The van der Waals surface area contributed by atoms with Crippen LogP contribution in [0.2, 0.25) is 0 Å². The second kappa shape index (κ2) is 8.73. The summed E-state index contributed by atoms with van der Waals surface area (Å²) in [6.45, 7) is 1.88. The molecule has 10 heteroatoms. The van der Waals surface area contributed by atoms with E-state index in [1.54, 1.807) is 16.9 Å². The number of hydrogen-bond acceptors (Lipinski definition) is 5. The fourth-order valence-corrected chi connectivity index (χ4v) is 2.99. The maximum absolute atomic E-state index is 12.4. The number of aromatic nitrogens is 2. The van der Waals surface area contributed by atoms with E-state index < -0.39 is 30.7 Å². The van der Waals surface area contributed by atoms with E-state index >= 15 is 0 Å². The van der Waals surface area contributed by atoms with Gasteiger partial charge in [0, 0.05) is 19.3 Å². The van der Waals surface area contributed by atoms with E-state index in [1.165, 1.54) is 4.90 Å². The van der Waals surface area contributed by atoms with Crippen LogP contribution in [-0.4, -0.2) is 71.4 Å². The predicted molar refractivity (Wildman–Crippen MR) is 90.6 cm³/mol. The van der Waals surface area contributed by atoms with E-state index in [0.29, 0.717) is 18.7 Å². The Morgan fingerprint density at radius 3 is 2.67 bits per heavy atom. The highest BCUT2D eigenvalue weighted by atomic mass is 19.4. The molecule has 1 amide bonds. The number of halogens is 3. The number of nitrogens with zero attached hydrogens (tertiary/aromatic N) is 4. The molecule has 0 unspecified atom stereocenters. The molecule has 2 rings (SSSR count). The van der Waals surface area contributed by atoms with Crippen molar-refractivity contribution in [3.05, 3.63) is 18.0 Å². The first kappa shape index (κ1) is 21.2. The van der Waals surface area contributed by atoms with Crippen molar-refractivity contribution in [3.8, 4) is 0 Å². The molecule has 1 aromatic rings. The topological polar surface area (TPSA) is 67.7 Å². The summed E-state index contributed by atoms with van der Waals surface area (Å²) in [5.41, 5.74) is 0.623. The molecule has 1 saturated heterocycles. The van der Waals surface area contributed by atoms with Gasteiger partial charge in [0.2, 0.25) is 0 Å². The highest BCUT2D eigenvalue weighted by Gasteiger charge is 2.38. The average Bonchev–Trinajstić information content (AvgIpc) is 3.05. The lowest BCUT2D eigenvalue weighted by Crippen LogP contribution is -2.46. The van der Waals surface area contributed by atoms with Crippen LogP contribution >= 0.6 is 0 Å². The molecule has 0 aromatic carbocycles. The van der Waals surface area contributed by atoms with Gasteiger partial charge in [-0.25, -0.2) is 4.79 Å². The van der Waals surface area contributed by atoms with Gasteiger partial charge in [0.25, 0.3) is 0 Å². The van der Waals surface area contributed by atoms with Crippen LogP contribution in [0.3, 0.4) is 0 Å². The highest BCUT2D eigenvalue weighted by Crippen LogP contribution is 2.32. The number of ether oxygens (including phenoxy) is 1. The molecule has 2 atom stereocenters. The van der Waals surface area contributed by atoms with Crippen molar-refractivity contribution in [2.24, 2.45) is 5.92 Å². The minimum Gasteiger partial charge on any atom is -0.449 e. The van der Waals surface area contributed by atoms with Crippen LogP contribution in [0.25, 0.3) is 0 Å². The van der Waals surface area contributed by atoms with Gasteiger partial charge in [-0.1, -0.05) is 6.92 Å². The van der Waals surface area contributed by atoms with E-state index in [0.717, 1.165) is 13.0 Å². The summed E-state index contributed by atoms with van der Waals surface area (Å²) in [6, 6.07) is 1.32. The number of piperidine rings is 1. The van der Waals surface area contributed by atoms with Gasteiger partial charge in [0.05, 0.1) is 18.3 Å². The average molecular weight is 390 g/mol. The van der Waals surface area contributed by atoms with E-state index in [9.17, 15) is 22.8 Å². The molecule has 152 valence electrons. The first-order valence-corrected chi connectivity index (χ1v) is 8.79. The Bertz CT molecular complexity index is 660. The molecule has 0 aliphatic carbocycles. The van der Waals surface area contributed by atoms with Crippen LogP contribution in [0.5, 0.6) is 0 Å². The fourth-order valence-electron chi connectivity index (χ4n) is 2.99. The van der Waals surface area contributed by atoms with Crippen LogP contribution in [0.4, 0.5) is 13.2 Å². The summed E-state index contributed by atoms with van der Waals surface area (Å²) in [5.74, 6) is -2.41. The number of likely N-dealkylation sites (tertiary alicyclic amines) is 1. The van der Waals surface area contributed by atoms with Crippen molar-refractivity contribution in [2.75, 3.05) is 33.8 Å². The summed E-state index contributed by atoms with van der Waals surface area (Å²) in [7, 11) is 3.89. The number of rotatable bonds is 5. The molecule has 0 saturated carbocycles. The Labute approximate surface area is 156 Å². The van der Waals surface area contributed by atoms with Crippen molar-refractivity contribution >= 4 is 11.9 Å². The molecule has 0 radical (unpaired) electrons. The van der Waals surface area contributed by atoms with Crippen molar-refractivity contribution in [2.45, 2.75) is 38.5 Å². The van der Waals surface area contributed by atoms with Gasteiger partial charge in [0.15, 0.2) is 6.61 Å². The fraction of sp³-hybridized carbons (Fsp3) is 0.706. The third-order valence-corrected chi connectivity index (χ3v) is 4.40. The molecule has 1 aliphatic rings. The minimum absolute atomic E-state index is 0.136. The van der Waals surface area contributed by atoms with Crippen molar-refractivity contribution in [3.63, 3.8) is 0 Å². The van der Waals surface area contributed by atoms with Crippen LogP contribution in [0.1, 0.15) is 31.5 Å². The molecule has 0 N–H and O–H groups in total. The second-order valence-corrected chi connectivity index (χ2v) is 7.15. The number of alkyl halides is 3. The molecular formula is C17H25F3N4O3. The largest absolute Gasteiger partial charge is 0.449 e. The SMILES string of the molecule is C[C@H]1CC[C@H](c2ccn(CCN(C)C)n2)N(C(=O)C(=O)OCC(F)(F)F)C1. The normalized spacial score (nSPS) is 20.8. The summed E-state index contributed by atoms with van der Waals surface area (Å²) in [5, 5.41) is 4.47. The molecule has 2 heterocycles. The minimum atomic E-state index is -4.67. The number of amides is 1.